The monoisotopic (exact) mass is 484 g/mol. The molecule has 0 heterocycles. The van der Waals surface area contributed by atoms with E-state index in [1.165, 1.54) is 0 Å². The molecule has 14 atom stereocenters. The van der Waals surface area contributed by atoms with Crippen molar-refractivity contribution in [2.75, 3.05) is 6.61 Å². The predicted octanol–water partition coefficient (Wildman–Crippen LogP) is 1.44. The molecule has 4 saturated carbocycles. The predicted molar refractivity (Wildman–Crippen MR) is 128 cm³/mol. The Balaban J connectivity index is 1.63. The van der Waals surface area contributed by atoms with Gasteiger partial charge in [0.15, 0.2) is 0 Å². The van der Waals surface area contributed by atoms with Gasteiger partial charge in [0.05, 0.1) is 24.4 Å². The van der Waals surface area contributed by atoms with E-state index in [0.717, 1.165) is 32.1 Å². The minimum atomic E-state index is -1.57. The minimum absolute atomic E-state index is 0.0456. The van der Waals surface area contributed by atoms with Crippen LogP contribution in [-0.2, 0) is 0 Å². The number of fused-ring (bicyclic) bond motifs is 5. The fourth-order valence-corrected chi connectivity index (χ4v) is 9.41. The minimum Gasteiger partial charge on any atom is -0.396 e. The first-order valence-corrected chi connectivity index (χ1v) is 13.6. The van der Waals surface area contributed by atoms with E-state index in [1.54, 1.807) is 0 Å². The van der Waals surface area contributed by atoms with Crippen molar-refractivity contribution in [2.45, 2.75) is 115 Å². The zero-order chi connectivity index (χ0) is 25.2. The van der Waals surface area contributed by atoms with Crippen LogP contribution in [0.15, 0.2) is 0 Å². The van der Waals surface area contributed by atoms with Crippen molar-refractivity contribution in [3.05, 3.63) is 0 Å². The Morgan fingerprint density at radius 1 is 0.882 bits per heavy atom. The molecule has 4 aliphatic rings. The first kappa shape index (κ1) is 26.8. The molecule has 7 heteroatoms. The van der Waals surface area contributed by atoms with Gasteiger partial charge < -0.3 is 35.7 Å². The van der Waals surface area contributed by atoms with Crippen molar-refractivity contribution in [1.82, 2.24) is 0 Å². The van der Waals surface area contributed by atoms with Crippen molar-refractivity contribution in [3.8, 4) is 0 Å². The average molecular weight is 485 g/mol. The molecule has 34 heavy (non-hydrogen) atoms. The third-order valence-corrected chi connectivity index (χ3v) is 11.3. The highest BCUT2D eigenvalue weighted by Gasteiger charge is 2.72. The molecule has 7 nitrogen and oxygen atoms in total. The Kier molecular flexibility index (Phi) is 7.27. The van der Waals surface area contributed by atoms with Gasteiger partial charge in [-0.3, -0.25) is 0 Å². The van der Waals surface area contributed by atoms with Crippen LogP contribution in [-0.4, -0.2) is 78.5 Å². The van der Waals surface area contributed by atoms with Crippen LogP contribution in [0.1, 0.15) is 79.1 Å². The molecule has 198 valence electrons. The van der Waals surface area contributed by atoms with E-state index in [-0.39, 0.29) is 48.0 Å². The zero-order valence-corrected chi connectivity index (χ0v) is 21.3. The second-order valence-corrected chi connectivity index (χ2v) is 13.1. The lowest BCUT2D eigenvalue weighted by Gasteiger charge is -2.66. The molecule has 0 radical (unpaired) electrons. The summed E-state index contributed by atoms with van der Waals surface area (Å²) in [4.78, 5) is 0. The first-order chi connectivity index (χ1) is 15.8. The standard InChI is InChI=1S/C27H48O7/c1-14(13-28)6-5-7-15(2)19-22(31)23(32)20-18-17(9-10-25(19,20)3)26(4)11-8-16(29)12-27(26,34)24(33)21(18)30/h14-24,28-34H,5-13H2,1-4H3/t14?,15-,16+,17?,18?,19+,20?,21+,22-,23-,24-,25-,26-,27+/m1/s1. The highest BCUT2D eigenvalue weighted by molar-refractivity contribution is 5.21. The van der Waals surface area contributed by atoms with Crippen LogP contribution in [0, 0.1) is 46.3 Å². The van der Waals surface area contributed by atoms with Gasteiger partial charge in [-0.1, -0.05) is 40.5 Å². The van der Waals surface area contributed by atoms with Gasteiger partial charge in [0.1, 0.15) is 11.7 Å². The van der Waals surface area contributed by atoms with E-state index >= 15 is 0 Å². The topological polar surface area (TPSA) is 142 Å². The molecular formula is C27H48O7. The second-order valence-electron chi connectivity index (χ2n) is 13.1. The molecule has 7 N–H and O–H groups in total. The maximum Gasteiger partial charge on any atom is 0.109 e. The molecule has 0 amide bonds. The van der Waals surface area contributed by atoms with Gasteiger partial charge in [0.2, 0.25) is 0 Å². The lowest BCUT2D eigenvalue weighted by molar-refractivity contribution is -0.301. The van der Waals surface area contributed by atoms with Gasteiger partial charge in [-0.25, -0.2) is 0 Å². The second kappa shape index (κ2) is 9.23. The van der Waals surface area contributed by atoms with Gasteiger partial charge >= 0.3 is 0 Å². The summed E-state index contributed by atoms with van der Waals surface area (Å²) in [7, 11) is 0. The summed E-state index contributed by atoms with van der Waals surface area (Å²) < 4.78 is 0. The van der Waals surface area contributed by atoms with Crippen molar-refractivity contribution >= 4 is 0 Å². The Hall–Kier alpha value is -0.280. The summed E-state index contributed by atoms with van der Waals surface area (Å²) >= 11 is 0. The quantitative estimate of drug-likeness (QED) is 0.302. The van der Waals surface area contributed by atoms with Crippen molar-refractivity contribution < 1.29 is 35.7 Å². The highest BCUT2D eigenvalue weighted by Crippen LogP contribution is 2.69. The van der Waals surface area contributed by atoms with Crippen LogP contribution in [0.25, 0.3) is 0 Å². The van der Waals surface area contributed by atoms with Gasteiger partial charge in [0, 0.05) is 18.4 Å². The Labute approximate surface area is 204 Å². The molecule has 0 aromatic heterocycles. The number of aliphatic hydroxyl groups is 7. The summed E-state index contributed by atoms with van der Waals surface area (Å²) in [6, 6.07) is 0. The van der Waals surface area contributed by atoms with Crippen molar-refractivity contribution in [2.24, 2.45) is 46.3 Å². The van der Waals surface area contributed by atoms with E-state index in [1.807, 2.05) is 13.8 Å². The Bertz CT molecular complexity index is 734. The molecule has 0 spiro atoms. The fourth-order valence-electron chi connectivity index (χ4n) is 9.41. The van der Waals surface area contributed by atoms with Crippen molar-refractivity contribution in [1.29, 1.82) is 0 Å². The molecule has 4 rings (SSSR count). The summed E-state index contributed by atoms with van der Waals surface area (Å²) in [5.41, 5.74) is -2.63. The molecular weight excluding hydrogens is 436 g/mol. The molecule has 0 aliphatic heterocycles. The van der Waals surface area contributed by atoms with Gasteiger partial charge in [0.25, 0.3) is 0 Å². The maximum atomic E-state index is 11.6. The Morgan fingerprint density at radius 2 is 1.56 bits per heavy atom. The molecule has 0 bridgehead atoms. The van der Waals surface area contributed by atoms with Crippen LogP contribution in [0.3, 0.4) is 0 Å². The summed E-state index contributed by atoms with van der Waals surface area (Å²) in [5.74, 6) is -0.609. The molecule has 0 aromatic carbocycles. The van der Waals surface area contributed by atoms with Crippen LogP contribution in [0.5, 0.6) is 0 Å². The van der Waals surface area contributed by atoms with E-state index < -0.39 is 47.5 Å². The fraction of sp³-hybridized carbons (Fsp3) is 1.00. The van der Waals surface area contributed by atoms with E-state index in [0.29, 0.717) is 12.8 Å². The highest BCUT2D eigenvalue weighted by atomic mass is 16.4. The maximum absolute atomic E-state index is 11.6. The van der Waals surface area contributed by atoms with Crippen LogP contribution in [0.2, 0.25) is 0 Å². The van der Waals surface area contributed by atoms with Crippen molar-refractivity contribution in [3.63, 3.8) is 0 Å². The number of aliphatic hydroxyl groups excluding tert-OH is 6. The molecule has 4 aliphatic carbocycles. The summed E-state index contributed by atoms with van der Waals surface area (Å²) in [6.07, 6.45) is 0.224. The molecule has 0 saturated heterocycles. The molecule has 4 fully saturated rings. The first-order valence-electron chi connectivity index (χ1n) is 13.6. The third-order valence-electron chi connectivity index (χ3n) is 11.3. The molecule has 4 unspecified atom stereocenters. The zero-order valence-electron chi connectivity index (χ0n) is 21.3. The van der Waals surface area contributed by atoms with Gasteiger partial charge in [-0.15, -0.1) is 0 Å². The molecule has 0 aromatic rings. The number of hydrogen-bond donors (Lipinski definition) is 7. The average Bonchev–Trinajstić information content (AvgIpc) is 2.99. The largest absolute Gasteiger partial charge is 0.396 e. The van der Waals surface area contributed by atoms with E-state index in [2.05, 4.69) is 13.8 Å². The SMILES string of the molecule is CC(CO)CCC[C@@H](C)[C@H]1[C@@H](O)[C@H](O)C2C3C(CC[C@@]21C)[C@@]1(C)CC[C@H](O)C[C@]1(O)[C@H](O)[C@H]3O. The lowest BCUT2D eigenvalue weighted by atomic mass is 9.41. The third kappa shape index (κ3) is 3.72. The van der Waals surface area contributed by atoms with E-state index in [4.69, 9.17) is 0 Å². The van der Waals surface area contributed by atoms with Gasteiger partial charge in [-0.2, -0.15) is 0 Å². The summed E-state index contributed by atoms with van der Waals surface area (Å²) in [6.45, 7) is 8.45. The summed E-state index contributed by atoms with van der Waals surface area (Å²) in [5, 5.41) is 76.5. The Morgan fingerprint density at radius 3 is 2.21 bits per heavy atom. The normalized spacial score (nSPS) is 54.6. The van der Waals surface area contributed by atoms with Crippen LogP contribution >= 0.6 is 0 Å². The van der Waals surface area contributed by atoms with Crippen LogP contribution < -0.4 is 0 Å². The smallest absolute Gasteiger partial charge is 0.109 e. The lowest BCUT2D eigenvalue weighted by Crippen LogP contribution is -2.73. The number of rotatable bonds is 6. The van der Waals surface area contributed by atoms with E-state index in [9.17, 15) is 35.7 Å². The van der Waals surface area contributed by atoms with Crippen LogP contribution in [0.4, 0.5) is 0 Å². The van der Waals surface area contributed by atoms with Gasteiger partial charge in [-0.05, 0) is 73.0 Å². The number of hydrogen-bond acceptors (Lipinski definition) is 7.